The van der Waals surface area contributed by atoms with Gasteiger partial charge in [0.1, 0.15) is 11.5 Å². The van der Waals surface area contributed by atoms with Crippen molar-refractivity contribution in [3.8, 4) is 11.5 Å². The van der Waals surface area contributed by atoms with Crippen LogP contribution in [0.25, 0.3) is 0 Å². The van der Waals surface area contributed by atoms with Crippen molar-refractivity contribution >= 4 is 5.97 Å². The molecule has 5 nitrogen and oxygen atoms in total. The molecule has 0 saturated carbocycles. The standard InChI is InChI=1S/C13H11NO4/c1-17-13(16)9-2-4-10(5-3-9)18-11-6-7-14-12(15)8-11/h2-8H,1H3,(H,14,15). The Bertz CT molecular complexity index is 601. The molecule has 0 aliphatic rings. The maximum atomic E-state index is 11.2. The van der Waals surface area contributed by atoms with E-state index < -0.39 is 5.97 Å². The van der Waals surface area contributed by atoms with E-state index in [9.17, 15) is 9.59 Å². The van der Waals surface area contributed by atoms with E-state index >= 15 is 0 Å². The molecule has 1 heterocycles. The lowest BCUT2D eigenvalue weighted by molar-refractivity contribution is 0.0600. The molecular weight excluding hydrogens is 234 g/mol. The summed E-state index contributed by atoms with van der Waals surface area (Å²) in [6.07, 6.45) is 1.50. The summed E-state index contributed by atoms with van der Waals surface area (Å²) in [7, 11) is 1.32. The summed E-state index contributed by atoms with van der Waals surface area (Å²) in [4.78, 5) is 24.8. The SMILES string of the molecule is COC(=O)c1ccc(Oc2cc[nH]c(=O)c2)cc1. The zero-order valence-corrected chi connectivity index (χ0v) is 9.67. The summed E-state index contributed by atoms with van der Waals surface area (Å²) in [5.74, 6) is 0.565. The van der Waals surface area contributed by atoms with Gasteiger partial charge in [0.2, 0.25) is 0 Å². The molecule has 0 atom stereocenters. The van der Waals surface area contributed by atoms with Crippen LogP contribution < -0.4 is 10.3 Å². The molecule has 18 heavy (non-hydrogen) atoms. The van der Waals surface area contributed by atoms with Gasteiger partial charge in [-0.3, -0.25) is 4.79 Å². The molecule has 0 aliphatic heterocycles. The van der Waals surface area contributed by atoms with Gasteiger partial charge in [-0.1, -0.05) is 0 Å². The minimum absolute atomic E-state index is 0.237. The van der Waals surface area contributed by atoms with Crippen molar-refractivity contribution in [2.75, 3.05) is 7.11 Å². The van der Waals surface area contributed by atoms with Gasteiger partial charge in [-0.15, -0.1) is 0 Å². The molecule has 0 aliphatic carbocycles. The van der Waals surface area contributed by atoms with Crippen molar-refractivity contribution < 1.29 is 14.3 Å². The second-order valence-corrected chi connectivity index (χ2v) is 3.51. The Labute approximate surface area is 103 Å². The van der Waals surface area contributed by atoms with E-state index in [0.29, 0.717) is 17.1 Å². The first kappa shape index (κ1) is 11.9. The highest BCUT2D eigenvalue weighted by atomic mass is 16.5. The summed E-state index contributed by atoms with van der Waals surface area (Å²) in [5, 5.41) is 0. The van der Waals surface area contributed by atoms with Gasteiger partial charge in [0, 0.05) is 12.3 Å². The third kappa shape index (κ3) is 2.76. The second kappa shape index (κ2) is 5.18. The van der Waals surface area contributed by atoms with Crippen LogP contribution in [-0.4, -0.2) is 18.1 Å². The predicted octanol–water partition coefficient (Wildman–Crippen LogP) is 1.95. The Kier molecular flexibility index (Phi) is 3.43. The van der Waals surface area contributed by atoms with Crippen molar-refractivity contribution in [3.63, 3.8) is 0 Å². The zero-order chi connectivity index (χ0) is 13.0. The van der Waals surface area contributed by atoms with Gasteiger partial charge in [0.05, 0.1) is 12.7 Å². The Morgan fingerprint density at radius 1 is 1.11 bits per heavy atom. The number of aromatic nitrogens is 1. The third-order valence-electron chi connectivity index (χ3n) is 2.26. The molecular formula is C13H11NO4. The van der Waals surface area contributed by atoms with E-state index in [1.807, 2.05) is 0 Å². The van der Waals surface area contributed by atoms with Gasteiger partial charge in [0.15, 0.2) is 0 Å². The zero-order valence-electron chi connectivity index (χ0n) is 9.67. The van der Waals surface area contributed by atoms with E-state index in [1.54, 1.807) is 30.3 Å². The first-order valence-electron chi connectivity index (χ1n) is 5.24. The molecule has 0 unspecified atom stereocenters. The van der Waals surface area contributed by atoms with E-state index in [1.165, 1.54) is 19.4 Å². The number of carbonyl (C=O) groups is 1. The number of benzene rings is 1. The molecule has 0 fully saturated rings. The molecule has 0 radical (unpaired) electrons. The van der Waals surface area contributed by atoms with Crippen LogP contribution in [-0.2, 0) is 4.74 Å². The summed E-state index contributed by atoms with van der Waals surface area (Å²) in [5.41, 5.74) is 0.203. The number of pyridine rings is 1. The summed E-state index contributed by atoms with van der Waals surface area (Å²) >= 11 is 0. The summed E-state index contributed by atoms with van der Waals surface area (Å²) < 4.78 is 10.0. The van der Waals surface area contributed by atoms with Crippen molar-refractivity contribution in [1.82, 2.24) is 4.98 Å². The van der Waals surface area contributed by atoms with Crippen LogP contribution in [0.2, 0.25) is 0 Å². The number of carbonyl (C=O) groups excluding carboxylic acids is 1. The van der Waals surface area contributed by atoms with E-state index in [2.05, 4.69) is 9.72 Å². The van der Waals surface area contributed by atoms with Gasteiger partial charge in [0.25, 0.3) is 5.56 Å². The fraction of sp³-hybridized carbons (Fsp3) is 0.0769. The van der Waals surface area contributed by atoms with Gasteiger partial charge >= 0.3 is 5.97 Å². The van der Waals surface area contributed by atoms with Crippen molar-refractivity contribution in [2.45, 2.75) is 0 Å². The number of rotatable bonds is 3. The van der Waals surface area contributed by atoms with Crippen LogP contribution in [0.1, 0.15) is 10.4 Å². The summed E-state index contributed by atoms with van der Waals surface area (Å²) in [6.45, 7) is 0. The maximum Gasteiger partial charge on any atom is 0.337 e. The molecule has 1 aromatic carbocycles. The van der Waals surface area contributed by atoms with E-state index in [4.69, 9.17) is 4.74 Å². The van der Waals surface area contributed by atoms with Crippen LogP contribution in [0.15, 0.2) is 47.4 Å². The minimum Gasteiger partial charge on any atom is -0.465 e. The Morgan fingerprint density at radius 2 is 1.83 bits per heavy atom. The van der Waals surface area contributed by atoms with Crippen LogP contribution in [0.4, 0.5) is 0 Å². The Hall–Kier alpha value is -2.56. The minimum atomic E-state index is -0.405. The number of hydrogen-bond acceptors (Lipinski definition) is 4. The van der Waals surface area contributed by atoms with Crippen LogP contribution >= 0.6 is 0 Å². The molecule has 1 N–H and O–H groups in total. The smallest absolute Gasteiger partial charge is 0.337 e. The lowest BCUT2D eigenvalue weighted by atomic mass is 10.2. The van der Waals surface area contributed by atoms with Crippen molar-refractivity contribution in [1.29, 1.82) is 0 Å². The maximum absolute atomic E-state index is 11.2. The first-order chi connectivity index (χ1) is 8.69. The van der Waals surface area contributed by atoms with Gasteiger partial charge < -0.3 is 14.5 Å². The molecule has 2 aromatic rings. The number of aromatic amines is 1. The molecule has 92 valence electrons. The van der Waals surface area contributed by atoms with E-state index in [0.717, 1.165) is 0 Å². The highest BCUT2D eigenvalue weighted by molar-refractivity contribution is 5.89. The monoisotopic (exact) mass is 245 g/mol. The van der Waals surface area contributed by atoms with Crippen LogP contribution in [0.3, 0.4) is 0 Å². The molecule has 2 rings (SSSR count). The predicted molar refractivity (Wildman–Crippen MR) is 64.9 cm³/mol. The molecule has 0 saturated heterocycles. The number of methoxy groups -OCH3 is 1. The number of ether oxygens (including phenoxy) is 2. The topological polar surface area (TPSA) is 68.4 Å². The van der Waals surface area contributed by atoms with Crippen molar-refractivity contribution in [3.05, 3.63) is 58.5 Å². The highest BCUT2D eigenvalue weighted by Gasteiger charge is 2.05. The normalized spacial score (nSPS) is 9.83. The number of nitrogens with one attached hydrogen (secondary N) is 1. The first-order valence-corrected chi connectivity index (χ1v) is 5.24. The second-order valence-electron chi connectivity index (χ2n) is 3.51. The average Bonchev–Trinajstić information content (AvgIpc) is 2.39. The highest BCUT2D eigenvalue weighted by Crippen LogP contribution is 2.20. The number of H-pyrrole nitrogens is 1. The number of hydrogen-bond donors (Lipinski definition) is 1. The Balaban J connectivity index is 2.16. The average molecular weight is 245 g/mol. The van der Waals surface area contributed by atoms with Gasteiger partial charge in [-0.05, 0) is 30.3 Å². The molecule has 1 aromatic heterocycles. The number of esters is 1. The van der Waals surface area contributed by atoms with Gasteiger partial charge in [-0.25, -0.2) is 4.79 Å². The van der Waals surface area contributed by atoms with Crippen molar-refractivity contribution in [2.24, 2.45) is 0 Å². The lowest BCUT2D eigenvalue weighted by Gasteiger charge is -2.05. The van der Waals surface area contributed by atoms with Gasteiger partial charge in [-0.2, -0.15) is 0 Å². The molecule has 0 bridgehead atoms. The quantitative estimate of drug-likeness (QED) is 0.839. The third-order valence-corrected chi connectivity index (χ3v) is 2.26. The van der Waals surface area contributed by atoms with E-state index in [-0.39, 0.29) is 5.56 Å². The lowest BCUT2D eigenvalue weighted by Crippen LogP contribution is -2.02. The van der Waals surface area contributed by atoms with Crippen LogP contribution in [0, 0.1) is 0 Å². The van der Waals surface area contributed by atoms with Crippen LogP contribution in [0.5, 0.6) is 11.5 Å². The largest absolute Gasteiger partial charge is 0.465 e. The molecule has 5 heteroatoms. The molecule has 0 amide bonds. The Morgan fingerprint density at radius 3 is 2.44 bits per heavy atom. The fourth-order valence-electron chi connectivity index (χ4n) is 1.40. The molecule has 0 spiro atoms. The summed E-state index contributed by atoms with van der Waals surface area (Å²) in [6, 6.07) is 9.42. The fourth-order valence-corrected chi connectivity index (χ4v) is 1.40.